The number of rotatable bonds is 5. The number of aromatic nitrogens is 2. The van der Waals surface area contributed by atoms with Gasteiger partial charge in [0.25, 0.3) is 5.56 Å². The van der Waals surface area contributed by atoms with E-state index in [0.717, 1.165) is 34.0 Å². The highest BCUT2D eigenvalue weighted by molar-refractivity contribution is 7.98. The van der Waals surface area contributed by atoms with E-state index in [4.69, 9.17) is 4.98 Å². The molecule has 1 aliphatic rings. The van der Waals surface area contributed by atoms with Gasteiger partial charge in [-0.15, -0.1) is 17.9 Å². The van der Waals surface area contributed by atoms with Crippen LogP contribution in [0.5, 0.6) is 0 Å². The molecule has 0 atom stereocenters. The molecule has 0 radical (unpaired) electrons. The third-order valence-corrected chi connectivity index (χ3v) is 7.52. The Balaban J connectivity index is 1.74. The largest absolute Gasteiger partial charge is 0.283 e. The van der Waals surface area contributed by atoms with E-state index >= 15 is 0 Å². The molecule has 3 aromatic rings. The van der Waals surface area contributed by atoms with Crippen LogP contribution in [0.2, 0.25) is 0 Å². The van der Waals surface area contributed by atoms with Crippen LogP contribution in [-0.2, 0) is 25.1 Å². The summed E-state index contributed by atoms with van der Waals surface area (Å²) in [5, 5.41) is 1.65. The van der Waals surface area contributed by atoms with Gasteiger partial charge in [0.05, 0.1) is 5.39 Å². The van der Waals surface area contributed by atoms with Crippen molar-refractivity contribution in [3.8, 4) is 0 Å². The quantitative estimate of drug-likeness (QED) is 0.328. The fraction of sp³-hybridized carbons (Fsp3) is 0.364. The zero-order valence-electron chi connectivity index (χ0n) is 15.9. The molecule has 27 heavy (non-hydrogen) atoms. The van der Waals surface area contributed by atoms with Crippen molar-refractivity contribution in [3.63, 3.8) is 0 Å². The molecule has 0 amide bonds. The van der Waals surface area contributed by atoms with Gasteiger partial charge in [-0.05, 0) is 61.8 Å². The monoisotopic (exact) mass is 396 g/mol. The minimum absolute atomic E-state index is 0.0990. The van der Waals surface area contributed by atoms with Crippen LogP contribution in [0.4, 0.5) is 0 Å². The molecular formula is C22H24N2OS2. The van der Waals surface area contributed by atoms with Crippen LogP contribution in [0, 0.1) is 13.8 Å². The van der Waals surface area contributed by atoms with Crippen molar-refractivity contribution in [2.24, 2.45) is 0 Å². The summed E-state index contributed by atoms with van der Waals surface area (Å²) in [6.07, 6.45) is 6.27. The van der Waals surface area contributed by atoms with E-state index in [2.05, 4.69) is 38.6 Å². The van der Waals surface area contributed by atoms with Crippen LogP contribution in [0.3, 0.4) is 0 Å². The van der Waals surface area contributed by atoms with Crippen molar-refractivity contribution in [1.29, 1.82) is 0 Å². The van der Waals surface area contributed by atoms with Crippen LogP contribution in [0.15, 0.2) is 40.8 Å². The summed E-state index contributed by atoms with van der Waals surface area (Å²) in [5.41, 5.74) is 5.21. The number of fused-ring (bicyclic) bond motifs is 3. The van der Waals surface area contributed by atoms with Gasteiger partial charge in [0.2, 0.25) is 0 Å². The molecule has 0 saturated carbocycles. The van der Waals surface area contributed by atoms with Gasteiger partial charge in [-0.25, -0.2) is 4.98 Å². The number of hydrogen-bond acceptors (Lipinski definition) is 4. The van der Waals surface area contributed by atoms with Crippen molar-refractivity contribution in [1.82, 2.24) is 9.55 Å². The first-order valence-electron chi connectivity index (χ1n) is 9.43. The van der Waals surface area contributed by atoms with Gasteiger partial charge < -0.3 is 0 Å². The highest BCUT2D eigenvalue weighted by atomic mass is 32.2. The maximum atomic E-state index is 13.3. The maximum Gasteiger partial charge on any atom is 0.263 e. The summed E-state index contributed by atoms with van der Waals surface area (Å²) in [6, 6.07) is 6.54. The van der Waals surface area contributed by atoms with Gasteiger partial charge in [0.15, 0.2) is 5.16 Å². The minimum atomic E-state index is 0.0990. The van der Waals surface area contributed by atoms with Crippen molar-refractivity contribution < 1.29 is 0 Å². The Kier molecular flexibility index (Phi) is 5.24. The van der Waals surface area contributed by atoms with Gasteiger partial charge in [-0.1, -0.05) is 36.0 Å². The minimum Gasteiger partial charge on any atom is -0.283 e. The molecule has 0 bridgehead atoms. The second-order valence-electron chi connectivity index (χ2n) is 7.20. The summed E-state index contributed by atoms with van der Waals surface area (Å²) in [5.74, 6) is 0.807. The fourth-order valence-electron chi connectivity index (χ4n) is 3.66. The van der Waals surface area contributed by atoms with E-state index in [1.807, 2.05) is 0 Å². The normalized spacial score (nSPS) is 13.7. The van der Waals surface area contributed by atoms with Gasteiger partial charge in [0, 0.05) is 17.2 Å². The van der Waals surface area contributed by atoms with E-state index in [1.165, 1.54) is 40.0 Å². The third-order valence-electron chi connectivity index (χ3n) is 5.29. The van der Waals surface area contributed by atoms with Crippen molar-refractivity contribution >= 4 is 33.3 Å². The first-order chi connectivity index (χ1) is 13.1. The zero-order chi connectivity index (χ0) is 19.0. The molecular weight excluding hydrogens is 372 g/mol. The Hall–Kier alpha value is -1.85. The smallest absolute Gasteiger partial charge is 0.263 e. The average Bonchev–Trinajstić information content (AvgIpc) is 3.04. The number of nitrogens with zero attached hydrogens (tertiary/aromatic N) is 2. The molecule has 0 spiro atoms. The van der Waals surface area contributed by atoms with Crippen LogP contribution < -0.4 is 5.56 Å². The Morgan fingerprint density at radius 3 is 2.85 bits per heavy atom. The molecule has 2 aromatic heterocycles. The maximum absolute atomic E-state index is 13.3. The number of allylic oxidation sites excluding steroid dienone is 1. The van der Waals surface area contributed by atoms with Gasteiger partial charge >= 0.3 is 0 Å². The SMILES string of the molecule is C=CCn1c(SCc2ccc(C)c(C)c2)nc2sc3c(c2c1=O)CCCC3. The van der Waals surface area contributed by atoms with Gasteiger partial charge in [0.1, 0.15) is 4.83 Å². The molecule has 1 aromatic carbocycles. The Labute approximate surface area is 168 Å². The third kappa shape index (κ3) is 3.50. The summed E-state index contributed by atoms with van der Waals surface area (Å²) < 4.78 is 1.79. The van der Waals surface area contributed by atoms with Gasteiger partial charge in [-0.3, -0.25) is 9.36 Å². The fourth-order valence-corrected chi connectivity index (χ4v) is 5.92. The molecule has 0 aliphatic heterocycles. The lowest BCUT2D eigenvalue weighted by molar-refractivity contribution is 0.668. The number of benzene rings is 1. The van der Waals surface area contributed by atoms with Crippen molar-refractivity contribution in [2.45, 2.75) is 57.0 Å². The first-order valence-corrected chi connectivity index (χ1v) is 11.2. The van der Waals surface area contributed by atoms with Crippen molar-refractivity contribution in [3.05, 3.63) is 68.3 Å². The number of aryl methyl sites for hydroxylation is 4. The van der Waals surface area contributed by atoms with Gasteiger partial charge in [-0.2, -0.15) is 0 Å². The summed E-state index contributed by atoms with van der Waals surface area (Å²) in [6.45, 7) is 8.60. The Morgan fingerprint density at radius 1 is 1.26 bits per heavy atom. The van der Waals surface area contributed by atoms with Crippen LogP contribution in [-0.4, -0.2) is 9.55 Å². The topological polar surface area (TPSA) is 34.9 Å². The van der Waals surface area contributed by atoms with E-state index in [-0.39, 0.29) is 5.56 Å². The standard InChI is InChI=1S/C22H24N2OS2/c1-4-11-24-21(25)19-17-7-5-6-8-18(17)27-20(19)23-22(24)26-13-16-10-9-14(2)15(3)12-16/h4,9-10,12H,1,5-8,11,13H2,2-3H3. The van der Waals surface area contributed by atoms with Crippen LogP contribution in [0.1, 0.15) is 40.0 Å². The number of thioether (sulfide) groups is 1. The van der Waals surface area contributed by atoms with Crippen LogP contribution in [0.25, 0.3) is 10.2 Å². The molecule has 140 valence electrons. The summed E-state index contributed by atoms with van der Waals surface area (Å²) in [7, 11) is 0. The molecule has 3 nitrogen and oxygen atoms in total. The van der Waals surface area contributed by atoms with Crippen LogP contribution >= 0.6 is 23.1 Å². The predicted molar refractivity (Wildman–Crippen MR) is 116 cm³/mol. The second-order valence-corrected chi connectivity index (χ2v) is 9.22. The second kappa shape index (κ2) is 7.64. The lowest BCUT2D eigenvalue weighted by atomic mass is 9.97. The van der Waals surface area contributed by atoms with E-state index < -0.39 is 0 Å². The molecule has 0 unspecified atom stereocenters. The number of thiophene rings is 1. The van der Waals surface area contributed by atoms with E-state index in [0.29, 0.717) is 6.54 Å². The lowest BCUT2D eigenvalue weighted by Gasteiger charge is -2.12. The molecule has 0 fully saturated rings. The Morgan fingerprint density at radius 2 is 2.07 bits per heavy atom. The molecule has 1 aliphatic carbocycles. The highest BCUT2D eigenvalue weighted by Crippen LogP contribution is 2.35. The average molecular weight is 397 g/mol. The lowest BCUT2D eigenvalue weighted by Crippen LogP contribution is -2.23. The number of hydrogen-bond donors (Lipinski definition) is 0. The summed E-state index contributed by atoms with van der Waals surface area (Å²) >= 11 is 3.36. The predicted octanol–water partition coefficient (Wildman–Crippen LogP) is 5.43. The van der Waals surface area contributed by atoms with E-state index in [9.17, 15) is 4.79 Å². The molecule has 0 saturated heterocycles. The molecule has 2 heterocycles. The summed E-state index contributed by atoms with van der Waals surface area (Å²) in [4.78, 5) is 20.4. The molecule has 4 rings (SSSR count). The first kappa shape index (κ1) is 18.5. The van der Waals surface area contributed by atoms with Crippen molar-refractivity contribution in [2.75, 3.05) is 0 Å². The molecule has 5 heteroatoms. The molecule has 0 N–H and O–H groups in total. The zero-order valence-corrected chi connectivity index (χ0v) is 17.5. The highest BCUT2D eigenvalue weighted by Gasteiger charge is 2.22. The Bertz CT molecular complexity index is 1080. The van der Waals surface area contributed by atoms with E-state index in [1.54, 1.807) is 33.7 Å².